The molecular weight excluding hydrogens is 1050 g/mol. The van der Waals surface area contributed by atoms with Gasteiger partial charge in [0.05, 0.1) is 53.8 Å². The third kappa shape index (κ3) is 21.6. The molecule has 4 fully saturated rings. The molecule has 0 bridgehead atoms. The second kappa shape index (κ2) is 35.2. The molecule has 1 saturated carbocycles. The maximum atomic E-state index is 14.9. The van der Waals surface area contributed by atoms with Crippen LogP contribution in [0.25, 0.3) is 0 Å². The largest absolute Gasteiger partial charge is 0.459 e. The van der Waals surface area contributed by atoms with Crippen molar-refractivity contribution in [2.75, 3.05) is 34.4 Å². The Kier molecular flexibility index (Phi) is 30.8. The van der Waals surface area contributed by atoms with Gasteiger partial charge in [0.1, 0.15) is 23.9 Å². The quantitative estimate of drug-likeness (QED) is 0.0212. The zero-order chi connectivity index (χ0) is 60.8. The third-order valence-electron chi connectivity index (χ3n) is 18.4. The number of carbonyl (C=O) groups excluding carboxylic acids is 3. The molecule has 0 spiro atoms. The highest BCUT2D eigenvalue weighted by Gasteiger charge is 2.55. The van der Waals surface area contributed by atoms with Crippen molar-refractivity contribution in [1.82, 2.24) is 15.8 Å². The van der Waals surface area contributed by atoms with Crippen molar-refractivity contribution in [3.05, 3.63) is 0 Å². The highest BCUT2D eigenvalue weighted by atomic mass is 16.7. The van der Waals surface area contributed by atoms with Crippen molar-refractivity contribution >= 4 is 23.7 Å². The summed E-state index contributed by atoms with van der Waals surface area (Å²) in [5, 5.41) is 42.7. The standard InChI is InChI=1S/C63H116N4O15/c1-16-18-19-20-21-22-23-24-25-26-27-31-36-64-65-60(71)81-54-49(67(13)14)38-42(4)76-59(54)82-56-44(6)53(80-51-40-62(11,74-15)57(46(8)77-51)78-47(9)68)45(7)58(70)79-50(17-2)63(12,73)55(69)43(5)52(41(3)39-61(56,10)72)66-75-37-32-35-48-33-29-28-30-34-48/h41-46,48-51,53-57,59,64,69,72-73H,16-40H2,1-15H3,(H,65,71)/b66-52+/t41-,42-,43+,44+,45-,46+,49+,50-,51+,53+,54-,55-,56-,57+,59+,61?,62-,63-/m1/s1. The number of unbranched alkanes of at least 4 members (excludes halogenated alkanes) is 11. The number of nitrogens with zero attached hydrogens (tertiary/aromatic N) is 2. The number of hydrogen-bond donors (Lipinski definition) is 5. The van der Waals surface area contributed by atoms with E-state index in [-0.39, 0.29) is 25.4 Å². The lowest BCUT2D eigenvalue weighted by Crippen LogP contribution is -2.62. The normalized spacial score (nSPS) is 37.0. The number of methoxy groups -OCH3 is 1. The van der Waals surface area contributed by atoms with Crippen LogP contribution in [0.4, 0.5) is 4.79 Å². The molecule has 0 aromatic carbocycles. The molecule has 4 aliphatic rings. The molecule has 18 atom stereocenters. The van der Waals surface area contributed by atoms with E-state index in [0.717, 1.165) is 32.1 Å². The van der Waals surface area contributed by atoms with Crippen LogP contribution in [0.3, 0.4) is 0 Å². The van der Waals surface area contributed by atoms with Gasteiger partial charge in [-0.25, -0.2) is 10.2 Å². The Bertz CT molecular complexity index is 1890. The molecule has 0 aromatic heterocycles. The Balaban J connectivity index is 1.71. The topological polar surface area (TPSA) is 235 Å². The van der Waals surface area contributed by atoms with Crippen molar-refractivity contribution in [2.24, 2.45) is 34.7 Å². The summed E-state index contributed by atoms with van der Waals surface area (Å²) < 4.78 is 51.6. The summed E-state index contributed by atoms with van der Waals surface area (Å²) in [7, 11) is 5.32. The number of rotatable bonds is 28. The first-order valence-electron chi connectivity index (χ1n) is 32.0. The van der Waals surface area contributed by atoms with Crippen molar-refractivity contribution in [3.63, 3.8) is 0 Å². The van der Waals surface area contributed by atoms with E-state index in [1.807, 2.05) is 39.8 Å². The Morgan fingerprint density at radius 2 is 1.40 bits per heavy atom. The fraction of sp³-hybridized carbons (Fsp3) is 0.937. The number of likely N-dealkylation sites (N-methyl/N-ethyl adjacent to an activating group) is 1. The van der Waals surface area contributed by atoms with Gasteiger partial charge in [0.15, 0.2) is 24.8 Å². The van der Waals surface area contributed by atoms with Gasteiger partial charge in [0.2, 0.25) is 0 Å². The number of carbonyl (C=O) groups is 3. The number of amides is 1. The minimum atomic E-state index is -1.97. The number of hydrazine groups is 1. The number of aliphatic hydroxyl groups excluding tert-OH is 1. The zero-order valence-electron chi connectivity index (χ0n) is 53.6. The molecular formula is C63H116N4O15. The van der Waals surface area contributed by atoms with Gasteiger partial charge in [-0.2, -0.15) is 0 Å². The first kappa shape index (κ1) is 71.8. The molecule has 3 saturated heterocycles. The monoisotopic (exact) mass is 1170 g/mol. The van der Waals surface area contributed by atoms with Gasteiger partial charge in [-0.15, -0.1) is 0 Å². The summed E-state index contributed by atoms with van der Waals surface area (Å²) in [5.74, 6) is -4.08. The number of oxime groups is 1. The molecule has 1 aliphatic carbocycles. The molecule has 3 aliphatic heterocycles. The van der Waals surface area contributed by atoms with Crippen molar-refractivity contribution in [2.45, 2.75) is 315 Å². The molecule has 19 nitrogen and oxygen atoms in total. The van der Waals surface area contributed by atoms with Crippen LogP contribution in [0.5, 0.6) is 0 Å². The lowest BCUT2D eigenvalue weighted by atomic mass is 9.73. The third-order valence-corrected chi connectivity index (χ3v) is 18.4. The smallest absolute Gasteiger partial charge is 0.422 e. The fourth-order valence-corrected chi connectivity index (χ4v) is 13.5. The number of aliphatic hydroxyl groups is 3. The Hall–Kier alpha value is -2.72. The SMILES string of the molecule is CCCCCCCCCCCCCCNNC(=O)O[C@H]1[C@H](O[C@@H]2[C@@H](C)[C@H](O[C@H]3C[C@@](C)(OC)[C@@H](OC(C)=O)[C@H](C)O3)[C@@H](C)C(=O)O[C@H](CC)[C@@](C)(O)[C@H](O)[C@@H](C)/C(=N/OCCCC3CCCCC3)[C@H](C)CC2(C)O)O[C@H](C)C[C@@H]1N(C)C. The molecule has 19 heteroatoms. The minimum absolute atomic E-state index is 0.0224. The molecule has 82 heavy (non-hydrogen) atoms. The second-order valence-electron chi connectivity index (χ2n) is 26.0. The van der Waals surface area contributed by atoms with Crippen LogP contribution in [-0.2, 0) is 52.3 Å². The second-order valence-corrected chi connectivity index (χ2v) is 26.0. The molecule has 5 N–H and O–H groups in total. The summed E-state index contributed by atoms with van der Waals surface area (Å²) in [6.45, 7) is 21.9. The first-order valence-corrected chi connectivity index (χ1v) is 32.0. The van der Waals surface area contributed by atoms with Crippen LogP contribution in [-0.4, -0.2) is 163 Å². The number of hydrogen-bond acceptors (Lipinski definition) is 18. The summed E-state index contributed by atoms with van der Waals surface area (Å²) in [5.41, 5.74) is 1.30. The van der Waals surface area contributed by atoms with Gasteiger partial charge in [0, 0.05) is 44.8 Å². The van der Waals surface area contributed by atoms with E-state index in [1.165, 1.54) is 111 Å². The van der Waals surface area contributed by atoms with Crippen LogP contribution in [0, 0.1) is 29.6 Å². The maximum Gasteiger partial charge on any atom is 0.422 e. The zero-order valence-corrected chi connectivity index (χ0v) is 53.6. The minimum Gasteiger partial charge on any atom is -0.459 e. The lowest BCUT2D eigenvalue weighted by molar-refractivity contribution is -0.318. The van der Waals surface area contributed by atoms with E-state index in [2.05, 4.69) is 17.8 Å². The van der Waals surface area contributed by atoms with Gasteiger partial charge in [-0.05, 0) is 100 Å². The number of ether oxygens (including phenoxy) is 8. The lowest BCUT2D eigenvalue weighted by Gasteiger charge is -2.49. The summed E-state index contributed by atoms with van der Waals surface area (Å²) in [6.07, 6.45) is 12.3. The Labute approximate surface area is 494 Å². The molecule has 0 radical (unpaired) electrons. The first-order chi connectivity index (χ1) is 38.8. The molecule has 1 amide bonds. The van der Waals surface area contributed by atoms with Gasteiger partial charge < -0.3 is 63.0 Å². The molecule has 4 rings (SSSR count). The van der Waals surface area contributed by atoms with E-state index in [4.69, 9.17) is 47.9 Å². The van der Waals surface area contributed by atoms with Crippen molar-refractivity contribution < 1.29 is 72.4 Å². The van der Waals surface area contributed by atoms with Crippen molar-refractivity contribution in [3.8, 4) is 0 Å². The average Bonchev–Trinajstić information content (AvgIpc) is 3.13. The van der Waals surface area contributed by atoms with Crippen LogP contribution in [0.15, 0.2) is 5.16 Å². The van der Waals surface area contributed by atoms with E-state index in [1.54, 1.807) is 41.5 Å². The Morgan fingerprint density at radius 1 is 0.780 bits per heavy atom. The molecule has 0 aromatic rings. The molecule has 478 valence electrons. The maximum absolute atomic E-state index is 14.9. The number of cyclic esters (lactones) is 1. The van der Waals surface area contributed by atoms with Gasteiger partial charge in [0.25, 0.3) is 0 Å². The van der Waals surface area contributed by atoms with Crippen molar-refractivity contribution in [1.29, 1.82) is 0 Å². The van der Waals surface area contributed by atoms with Gasteiger partial charge >= 0.3 is 18.0 Å². The number of nitrogens with one attached hydrogen (secondary N) is 2. The highest BCUT2D eigenvalue weighted by Crippen LogP contribution is 2.42. The van der Waals surface area contributed by atoms with Crippen LogP contribution < -0.4 is 10.9 Å². The summed E-state index contributed by atoms with van der Waals surface area (Å²) in [4.78, 5) is 49.1. The fourth-order valence-electron chi connectivity index (χ4n) is 13.5. The predicted molar refractivity (Wildman–Crippen MR) is 316 cm³/mol. The number of esters is 2. The average molecular weight is 1170 g/mol. The van der Waals surface area contributed by atoms with E-state index in [9.17, 15) is 29.7 Å². The predicted octanol–water partition coefficient (Wildman–Crippen LogP) is 10.5. The summed E-state index contributed by atoms with van der Waals surface area (Å²) >= 11 is 0. The molecule has 1 unspecified atom stereocenters. The molecule has 3 heterocycles. The Morgan fingerprint density at radius 3 is 1.99 bits per heavy atom. The van der Waals surface area contributed by atoms with E-state index >= 15 is 0 Å². The van der Waals surface area contributed by atoms with E-state index < -0.39 is 120 Å². The highest BCUT2D eigenvalue weighted by molar-refractivity contribution is 5.88. The van der Waals surface area contributed by atoms with Crippen LogP contribution in [0.1, 0.15) is 231 Å². The van der Waals surface area contributed by atoms with Crippen LogP contribution in [0.2, 0.25) is 0 Å². The van der Waals surface area contributed by atoms with Gasteiger partial charge in [-0.1, -0.05) is 143 Å². The summed E-state index contributed by atoms with van der Waals surface area (Å²) in [6, 6.07) is -0.390. The van der Waals surface area contributed by atoms with E-state index in [0.29, 0.717) is 31.2 Å². The van der Waals surface area contributed by atoms with Gasteiger partial charge in [-0.3, -0.25) is 15.0 Å². The van der Waals surface area contributed by atoms with Crippen LogP contribution >= 0.6 is 0 Å².